The zero-order valence-electron chi connectivity index (χ0n) is 10.9. The van der Waals surface area contributed by atoms with Crippen molar-refractivity contribution in [1.82, 2.24) is 9.78 Å². The summed E-state index contributed by atoms with van der Waals surface area (Å²) >= 11 is 1.79. The van der Waals surface area contributed by atoms with Gasteiger partial charge in [0.2, 0.25) is 0 Å². The Bertz CT molecular complexity index is 674. The fourth-order valence-corrected chi connectivity index (χ4v) is 3.00. The lowest BCUT2D eigenvalue weighted by atomic mass is 10.2. The quantitative estimate of drug-likeness (QED) is 0.688. The third-order valence-electron chi connectivity index (χ3n) is 3.03. The maximum absolute atomic E-state index is 4.44. The van der Waals surface area contributed by atoms with E-state index < -0.39 is 0 Å². The van der Waals surface area contributed by atoms with Crippen LogP contribution in [0.25, 0.3) is 10.9 Å². The highest BCUT2D eigenvalue weighted by Gasteiger charge is 2.04. The van der Waals surface area contributed by atoms with Gasteiger partial charge < -0.3 is 0 Å². The number of aryl methyl sites for hydroxylation is 1. The molecule has 2 aromatic carbocycles. The zero-order valence-corrected chi connectivity index (χ0v) is 11.7. The van der Waals surface area contributed by atoms with Gasteiger partial charge in [0, 0.05) is 21.7 Å². The molecule has 0 N–H and O–H groups in total. The van der Waals surface area contributed by atoms with Crippen LogP contribution >= 0.6 is 11.8 Å². The Hall–Kier alpha value is -1.74. The number of nitrogens with zero attached hydrogens (tertiary/aromatic N) is 2. The Morgan fingerprint density at radius 2 is 1.89 bits per heavy atom. The highest BCUT2D eigenvalue weighted by molar-refractivity contribution is 7.99. The van der Waals surface area contributed by atoms with E-state index in [1.807, 2.05) is 12.3 Å². The summed E-state index contributed by atoms with van der Waals surface area (Å²) < 4.78 is 2.09. The molecule has 0 aliphatic heterocycles. The molecule has 0 spiro atoms. The highest BCUT2D eigenvalue weighted by Crippen LogP contribution is 2.29. The van der Waals surface area contributed by atoms with Crippen LogP contribution in [0.2, 0.25) is 0 Å². The maximum Gasteiger partial charge on any atom is 0.0693 e. The average Bonchev–Trinajstić information content (AvgIpc) is 2.83. The molecule has 3 rings (SSSR count). The molecule has 96 valence electrons. The second kappa shape index (κ2) is 5.49. The summed E-state index contributed by atoms with van der Waals surface area (Å²) in [5, 5.41) is 5.65. The molecule has 3 aromatic rings. The highest BCUT2D eigenvalue weighted by atomic mass is 32.2. The van der Waals surface area contributed by atoms with Crippen molar-refractivity contribution in [2.45, 2.75) is 29.7 Å². The lowest BCUT2D eigenvalue weighted by Crippen LogP contribution is -1.97. The topological polar surface area (TPSA) is 17.8 Å². The largest absolute Gasteiger partial charge is 0.265 e. The molecular formula is C16H16N2S. The molecule has 0 saturated heterocycles. The van der Waals surface area contributed by atoms with Crippen LogP contribution in [-0.4, -0.2) is 9.78 Å². The molecule has 0 fully saturated rings. The number of benzene rings is 2. The van der Waals surface area contributed by atoms with E-state index in [-0.39, 0.29) is 0 Å². The van der Waals surface area contributed by atoms with E-state index in [1.54, 1.807) is 11.8 Å². The molecule has 1 heterocycles. The Balaban J connectivity index is 1.94. The van der Waals surface area contributed by atoms with E-state index in [9.17, 15) is 0 Å². The minimum absolute atomic E-state index is 0.975. The fraction of sp³-hybridized carbons (Fsp3) is 0.188. The molecule has 0 aliphatic carbocycles. The Morgan fingerprint density at radius 3 is 2.68 bits per heavy atom. The van der Waals surface area contributed by atoms with Gasteiger partial charge in [0.25, 0.3) is 0 Å². The number of rotatable bonds is 4. The van der Waals surface area contributed by atoms with Crippen LogP contribution in [0.4, 0.5) is 0 Å². The smallest absolute Gasteiger partial charge is 0.0693 e. The van der Waals surface area contributed by atoms with Crippen LogP contribution in [0.1, 0.15) is 13.3 Å². The standard InChI is InChI=1S/C16H16N2S/c1-2-10-18-16-11-15(9-8-13(16)12-17-18)19-14-6-4-3-5-7-14/h3-9,11-12H,2,10H2,1H3. The molecule has 3 heteroatoms. The number of hydrogen-bond donors (Lipinski definition) is 0. The van der Waals surface area contributed by atoms with Gasteiger partial charge in [-0.25, -0.2) is 0 Å². The predicted octanol–water partition coefficient (Wildman–Crippen LogP) is 4.60. The van der Waals surface area contributed by atoms with Crippen LogP contribution in [0.5, 0.6) is 0 Å². The summed E-state index contributed by atoms with van der Waals surface area (Å²) in [5.74, 6) is 0. The van der Waals surface area contributed by atoms with Crippen molar-refractivity contribution in [2.75, 3.05) is 0 Å². The molecule has 0 unspecified atom stereocenters. The van der Waals surface area contributed by atoms with Gasteiger partial charge in [0.15, 0.2) is 0 Å². The Labute approximate surface area is 117 Å². The summed E-state index contributed by atoms with van der Waals surface area (Å²) in [5.41, 5.74) is 1.22. The van der Waals surface area contributed by atoms with Crippen molar-refractivity contribution >= 4 is 22.7 Å². The van der Waals surface area contributed by atoms with Crippen molar-refractivity contribution in [1.29, 1.82) is 0 Å². The number of fused-ring (bicyclic) bond motifs is 1. The van der Waals surface area contributed by atoms with E-state index in [0.717, 1.165) is 13.0 Å². The monoisotopic (exact) mass is 268 g/mol. The zero-order chi connectivity index (χ0) is 13.1. The van der Waals surface area contributed by atoms with E-state index >= 15 is 0 Å². The van der Waals surface area contributed by atoms with Gasteiger partial charge in [0.1, 0.15) is 0 Å². The third kappa shape index (κ3) is 2.66. The molecule has 0 atom stereocenters. The molecule has 0 radical (unpaired) electrons. The van der Waals surface area contributed by atoms with Crippen LogP contribution in [0, 0.1) is 0 Å². The first-order valence-electron chi connectivity index (χ1n) is 6.55. The minimum atomic E-state index is 0.975. The normalized spacial score (nSPS) is 11.0. The predicted molar refractivity (Wildman–Crippen MR) is 80.6 cm³/mol. The van der Waals surface area contributed by atoms with E-state index in [1.165, 1.54) is 20.7 Å². The first-order valence-corrected chi connectivity index (χ1v) is 7.37. The van der Waals surface area contributed by atoms with Crippen LogP contribution < -0.4 is 0 Å². The van der Waals surface area contributed by atoms with Crippen molar-refractivity contribution in [3.8, 4) is 0 Å². The van der Waals surface area contributed by atoms with Crippen molar-refractivity contribution in [2.24, 2.45) is 0 Å². The van der Waals surface area contributed by atoms with E-state index in [2.05, 4.69) is 59.2 Å². The third-order valence-corrected chi connectivity index (χ3v) is 4.03. The summed E-state index contributed by atoms with van der Waals surface area (Å²) in [4.78, 5) is 2.53. The van der Waals surface area contributed by atoms with Crippen molar-refractivity contribution in [3.63, 3.8) is 0 Å². The van der Waals surface area contributed by atoms with Crippen LogP contribution in [0.3, 0.4) is 0 Å². The summed E-state index contributed by atoms with van der Waals surface area (Å²) in [6, 6.07) is 17.0. The minimum Gasteiger partial charge on any atom is -0.265 e. The fourth-order valence-electron chi connectivity index (χ4n) is 2.13. The molecular weight excluding hydrogens is 252 g/mol. The lowest BCUT2D eigenvalue weighted by molar-refractivity contribution is 0.622. The van der Waals surface area contributed by atoms with Crippen LogP contribution in [0.15, 0.2) is 64.5 Å². The van der Waals surface area contributed by atoms with Gasteiger partial charge in [-0.3, -0.25) is 4.68 Å². The second-order valence-electron chi connectivity index (χ2n) is 4.50. The van der Waals surface area contributed by atoms with Gasteiger partial charge in [0.05, 0.1) is 11.7 Å². The summed E-state index contributed by atoms with van der Waals surface area (Å²) in [7, 11) is 0. The molecule has 0 bridgehead atoms. The molecule has 2 nitrogen and oxygen atoms in total. The Morgan fingerprint density at radius 1 is 1.05 bits per heavy atom. The van der Waals surface area contributed by atoms with Gasteiger partial charge in [-0.1, -0.05) is 43.0 Å². The number of aromatic nitrogens is 2. The first kappa shape index (κ1) is 12.3. The Kier molecular flexibility index (Phi) is 3.56. The molecule has 0 amide bonds. The number of hydrogen-bond acceptors (Lipinski definition) is 2. The lowest BCUT2D eigenvalue weighted by Gasteiger charge is -2.04. The van der Waals surface area contributed by atoms with Gasteiger partial charge in [-0.2, -0.15) is 5.10 Å². The molecule has 19 heavy (non-hydrogen) atoms. The summed E-state index contributed by atoms with van der Waals surface area (Å²) in [6.07, 6.45) is 3.05. The van der Waals surface area contributed by atoms with Gasteiger partial charge in [-0.15, -0.1) is 0 Å². The molecule has 0 aliphatic rings. The van der Waals surface area contributed by atoms with Gasteiger partial charge >= 0.3 is 0 Å². The molecule has 0 saturated carbocycles. The molecule has 1 aromatic heterocycles. The van der Waals surface area contributed by atoms with Crippen LogP contribution in [-0.2, 0) is 6.54 Å². The average molecular weight is 268 g/mol. The van der Waals surface area contributed by atoms with Crippen molar-refractivity contribution < 1.29 is 0 Å². The second-order valence-corrected chi connectivity index (χ2v) is 5.65. The van der Waals surface area contributed by atoms with E-state index in [0.29, 0.717) is 0 Å². The van der Waals surface area contributed by atoms with Gasteiger partial charge in [-0.05, 0) is 30.7 Å². The first-order chi connectivity index (χ1) is 9.36. The summed E-state index contributed by atoms with van der Waals surface area (Å²) in [6.45, 7) is 3.15. The van der Waals surface area contributed by atoms with Crippen molar-refractivity contribution in [3.05, 3.63) is 54.7 Å². The SMILES string of the molecule is CCCn1ncc2ccc(Sc3ccccc3)cc21. The van der Waals surface area contributed by atoms with E-state index in [4.69, 9.17) is 0 Å². The maximum atomic E-state index is 4.44.